The third-order valence-corrected chi connectivity index (χ3v) is 3.73. The zero-order valence-electron chi connectivity index (χ0n) is 11.0. The molecule has 104 valence electrons. The van der Waals surface area contributed by atoms with Crippen LogP contribution in [0.4, 0.5) is 0 Å². The van der Waals surface area contributed by atoms with Crippen LogP contribution in [-0.4, -0.2) is 54.3 Å². The predicted molar refractivity (Wildman–Crippen MR) is 69.1 cm³/mol. The van der Waals surface area contributed by atoms with Crippen LogP contribution in [-0.2, 0) is 9.59 Å². The van der Waals surface area contributed by atoms with Crippen molar-refractivity contribution in [3.63, 3.8) is 0 Å². The Morgan fingerprint density at radius 1 is 1.26 bits per heavy atom. The minimum Gasteiger partial charge on any atom is -0.343 e. The largest absolute Gasteiger partial charge is 0.343 e. The highest BCUT2D eigenvalue weighted by atomic mass is 16.2. The molecule has 19 heavy (non-hydrogen) atoms. The van der Waals surface area contributed by atoms with Crippen molar-refractivity contribution in [1.29, 1.82) is 0 Å². The summed E-state index contributed by atoms with van der Waals surface area (Å²) in [4.78, 5) is 29.6. The minimum atomic E-state index is 0.130. The molecular weight excluding hydrogens is 246 g/mol. The van der Waals surface area contributed by atoms with Gasteiger partial charge in [0.05, 0.1) is 0 Å². The summed E-state index contributed by atoms with van der Waals surface area (Å²) in [6.07, 6.45) is 2.92. The molecule has 7 heteroatoms. The predicted octanol–water partition coefficient (Wildman–Crippen LogP) is 1.16. The van der Waals surface area contributed by atoms with E-state index in [1.807, 2.05) is 9.80 Å². The highest BCUT2D eigenvalue weighted by molar-refractivity contribution is 5.79. The standard InChI is InChI=1S/C12H19N5O2/c13-15-14-8-10-7-12(19)17(9-10)6-2-5-16-4-1-3-11(16)18/h10H,1-9H2. The van der Waals surface area contributed by atoms with Crippen LogP contribution in [0.5, 0.6) is 0 Å². The van der Waals surface area contributed by atoms with Crippen LogP contribution in [0.15, 0.2) is 5.11 Å². The van der Waals surface area contributed by atoms with Crippen molar-refractivity contribution in [3.05, 3.63) is 10.4 Å². The van der Waals surface area contributed by atoms with Gasteiger partial charge in [0.1, 0.15) is 0 Å². The first-order chi connectivity index (χ1) is 9.20. The van der Waals surface area contributed by atoms with Crippen LogP contribution in [0.1, 0.15) is 25.7 Å². The third-order valence-electron chi connectivity index (χ3n) is 3.73. The monoisotopic (exact) mass is 265 g/mol. The van der Waals surface area contributed by atoms with E-state index in [9.17, 15) is 9.59 Å². The molecule has 2 fully saturated rings. The van der Waals surface area contributed by atoms with Gasteiger partial charge >= 0.3 is 0 Å². The maximum atomic E-state index is 11.7. The molecule has 0 bridgehead atoms. The zero-order valence-corrected chi connectivity index (χ0v) is 11.0. The van der Waals surface area contributed by atoms with E-state index < -0.39 is 0 Å². The number of rotatable bonds is 6. The van der Waals surface area contributed by atoms with Crippen molar-refractivity contribution >= 4 is 11.8 Å². The van der Waals surface area contributed by atoms with Gasteiger partial charge in [-0.1, -0.05) is 5.11 Å². The van der Waals surface area contributed by atoms with Gasteiger partial charge in [-0.25, -0.2) is 0 Å². The Morgan fingerprint density at radius 2 is 2.05 bits per heavy atom. The van der Waals surface area contributed by atoms with E-state index in [0.717, 1.165) is 25.9 Å². The van der Waals surface area contributed by atoms with E-state index in [1.54, 1.807) is 0 Å². The molecule has 2 aliphatic rings. The highest BCUT2D eigenvalue weighted by Crippen LogP contribution is 2.18. The molecule has 0 aliphatic carbocycles. The minimum absolute atomic E-state index is 0.130. The van der Waals surface area contributed by atoms with Crippen molar-refractivity contribution in [2.45, 2.75) is 25.7 Å². The van der Waals surface area contributed by atoms with E-state index >= 15 is 0 Å². The van der Waals surface area contributed by atoms with Crippen LogP contribution < -0.4 is 0 Å². The molecule has 2 rings (SSSR count). The summed E-state index contributed by atoms with van der Waals surface area (Å²) in [7, 11) is 0. The van der Waals surface area contributed by atoms with Crippen LogP contribution >= 0.6 is 0 Å². The maximum Gasteiger partial charge on any atom is 0.222 e. The lowest BCUT2D eigenvalue weighted by Crippen LogP contribution is -2.31. The van der Waals surface area contributed by atoms with Crippen molar-refractivity contribution in [1.82, 2.24) is 9.80 Å². The van der Waals surface area contributed by atoms with Crippen LogP contribution in [0, 0.1) is 5.92 Å². The first-order valence-corrected chi connectivity index (χ1v) is 6.77. The van der Waals surface area contributed by atoms with Gasteiger partial charge in [-0.2, -0.15) is 0 Å². The summed E-state index contributed by atoms with van der Waals surface area (Å²) in [5, 5.41) is 3.52. The summed E-state index contributed by atoms with van der Waals surface area (Å²) < 4.78 is 0. The van der Waals surface area contributed by atoms with Crippen LogP contribution in [0.25, 0.3) is 10.4 Å². The Bertz CT molecular complexity index is 405. The molecule has 0 saturated carbocycles. The Labute approximate surface area is 112 Å². The Morgan fingerprint density at radius 3 is 2.74 bits per heavy atom. The van der Waals surface area contributed by atoms with Crippen molar-refractivity contribution in [2.24, 2.45) is 11.0 Å². The summed E-state index contributed by atoms with van der Waals surface area (Å²) in [5.74, 6) is 0.511. The van der Waals surface area contributed by atoms with E-state index in [0.29, 0.717) is 32.5 Å². The molecule has 1 atom stereocenters. The molecule has 1 unspecified atom stereocenters. The molecule has 0 aromatic heterocycles. The molecule has 7 nitrogen and oxygen atoms in total. The van der Waals surface area contributed by atoms with Gasteiger partial charge in [0.2, 0.25) is 11.8 Å². The number of carbonyl (C=O) groups is 2. The summed E-state index contributed by atoms with van der Waals surface area (Å²) in [6.45, 7) is 3.35. The zero-order chi connectivity index (χ0) is 13.7. The normalized spacial score (nSPS) is 23.1. The first kappa shape index (κ1) is 13.7. The fourth-order valence-electron chi connectivity index (χ4n) is 2.74. The van der Waals surface area contributed by atoms with Crippen molar-refractivity contribution < 1.29 is 9.59 Å². The first-order valence-electron chi connectivity index (χ1n) is 6.77. The number of likely N-dealkylation sites (tertiary alicyclic amines) is 2. The van der Waals surface area contributed by atoms with Gasteiger partial charge in [0, 0.05) is 50.5 Å². The van der Waals surface area contributed by atoms with Gasteiger partial charge < -0.3 is 9.80 Å². The van der Waals surface area contributed by atoms with Gasteiger partial charge in [0.25, 0.3) is 0 Å². The molecule has 0 N–H and O–H groups in total. The second-order valence-corrected chi connectivity index (χ2v) is 5.16. The van der Waals surface area contributed by atoms with Gasteiger partial charge in [-0.3, -0.25) is 9.59 Å². The molecule has 0 radical (unpaired) electrons. The quantitative estimate of drug-likeness (QED) is 0.409. The maximum absolute atomic E-state index is 11.7. The number of carbonyl (C=O) groups excluding carboxylic acids is 2. The molecular formula is C12H19N5O2. The molecule has 2 saturated heterocycles. The van der Waals surface area contributed by atoms with E-state index in [-0.39, 0.29) is 17.7 Å². The number of hydrogen-bond donors (Lipinski definition) is 0. The molecule has 2 heterocycles. The number of azide groups is 1. The fourth-order valence-corrected chi connectivity index (χ4v) is 2.74. The molecule has 0 spiro atoms. The average Bonchev–Trinajstić information content (AvgIpc) is 2.95. The molecule has 2 aliphatic heterocycles. The van der Waals surface area contributed by atoms with Crippen molar-refractivity contribution in [3.8, 4) is 0 Å². The summed E-state index contributed by atoms with van der Waals surface area (Å²) in [6, 6.07) is 0. The van der Waals surface area contributed by atoms with Gasteiger partial charge in [-0.15, -0.1) is 0 Å². The Hall–Kier alpha value is -1.75. The summed E-state index contributed by atoms with van der Waals surface area (Å²) >= 11 is 0. The lowest BCUT2D eigenvalue weighted by Gasteiger charge is -2.19. The van der Waals surface area contributed by atoms with Gasteiger partial charge in [0.15, 0.2) is 0 Å². The average molecular weight is 265 g/mol. The fraction of sp³-hybridized carbons (Fsp3) is 0.833. The lowest BCUT2D eigenvalue weighted by molar-refractivity contribution is -0.128. The topological polar surface area (TPSA) is 89.4 Å². The van der Waals surface area contributed by atoms with E-state index in [4.69, 9.17) is 5.53 Å². The number of nitrogens with zero attached hydrogens (tertiary/aromatic N) is 5. The van der Waals surface area contributed by atoms with E-state index in [1.165, 1.54) is 0 Å². The Balaban J connectivity index is 1.69. The SMILES string of the molecule is [N-]=[N+]=NCC1CC(=O)N(CCCN2CCCC2=O)C1. The highest BCUT2D eigenvalue weighted by Gasteiger charge is 2.28. The number of hydrogen-bond acceptors (Lipinski definition) is 3. The molecule has 0 aromatic carbocycles. The molecule has 0 aromatic rings. The van der Waals surface area contributed by atoms with Gasteiger partial charge in [-0.05, 0) is 24.3 Å². The Kier molecular flexibility index (Phi) is 4.63. The number of amides is 2. The second kappa shape index (κ2) is 6.43. The van der Waals surface area contributed by atoms with E-state index in [2.05, 4.69) is 10.0 Å². The van der Waals surface area contributed by atoms with Crippen molar-refractivity contribution in [2.75, 3.05) is 32.7 Å². The van der Waals surface area contributed by atoms with Crippen LogP contribution in [0.3, 0.4) is 0 Å². The molecule has 2 amide bonds. The second-order valence-electron chi connectivity index (χ2n) is 5.16. The lowest BCUT2D eigenvalue weighted by atomic mass is 10.1. The summed E-state index contributed by atoms with van der Waals surface area (Å²) in [5.41, 5.74) is 8.27. The third kappa shape index (κ3) is 3.61. The smallest absolute Gasteiger partial charge is 0.222 e. The van der Waals surface area contributed by atoms with Crippen LogP contribution in [0.2, 0.25) is 0 Å².